The van der Waals surface area contributed by atoms with Crippen LogP contribution in [0, 0.1) is 17.4 Å². The van der Waals surface area contributed by atoms with Gasteiger partial charge in [0.1, 0.15) is 0 Å². The summed E-state index contributed by atoms with van der Waals surface area (Å²) in [4.78, 5) is 0. The molecule has 0 saturated carbocycles. The van der Waals surface area contributed by atoms with Crippen molar-refractivity contribution in [1.29, 1.82) is 0 Å². The van der Waals surface area contributed by atoms with Crippen molar-refractivity contribution in [2.75, 3.05) is 0 Å². The minimum absolute atomic E-state index is 0.0374. The Kier molecular flexibility index (Phi) is 3.84. The normalized spacial score (nSPS) is 12.5. The van der Waals surface area contributed by atoms with Crippen LogP contribution in [0.5, 0.6) is 0 Å². The van der Waals surface area contributed by atoms with Crippen LogP contribution in [0.4, 0.5) is 0 Å². The predicted octanol–water partition coefficient (Wildman–Crippen LogP) is 3.96. The van der Waals surface area contributed by atoms with Gasteiger partial charge in [0.25, 0.3) is 0 Å². The second-order valence-corrected chi connectivity index (χ2v) is 5.57. The summed E-state index contributed by atoms with van der Waals surface area (Å²) >= 11 is 2.32. The summed E-state index contributed by atoms with van der Waals surface area (Å²) in [6.07, 6.45) is 0. The fraction of sp³-hybridized carbons (Fsp3) is 0.200. The Morgan fingerprint density at radius 1 is 1.06 bits per heavy atom. The van der Waals surface area contributed by atoms with Crippen LogP contribution in [0.1, 0.15) is 28.3 Å². The average molecular weight is 337 g/mol. The molecule has 0 heterocycles. The molecule has 2 rings (SSSR count). The Balaban J connectivity index is 2.44. The lowest BCUT2D eigenvalue weighted by molar-refractivity contribution is 0.858. The second-order valence-electron chi connectivity index (χ2n) is 4.32. The maximum atomic E-state index is 6.35. The van der Waals surface area contributed by atoms with Crippen LogP contribution >= 0.6 is 22.6 Å². The zero-order valence-electron chi connectivity index (χ0n) is 10.1. The first-order chi connectivity index (χ1) is 8.09. The summed E-state index contributed by atoms with van der Waals surface area (Å²) < 4.78 is 1.22. The van der Waals surface area contributed by atoms with Gasteiger partial charge in [0.2, 0.25) is 0 Å². The van der Waals surface area contributed by atoms with Crippen LogP contribution in [-0.4, -0.2) is 0 Å². The minimum Gasteiger partial charge on any atom is -0.320 e. The maximum Gasteiger partial charge on any atom is 0.0554 e. The molecule has 1 nitrogen and oxygen atoms in total. The molecule has 0 spiro atoms. The van der Waals surface area contributed by atoms with E-state index in [-0.39, 0.29) is 6.04 Å². The molecule has 0 aliphatic rings. The fourth-order valence-electron chi connectivity index (χ4n) is 1.99. The summed E-state index contributed by atoms with van der Waals surface area (Å²) in [6, 6.07) is 14.7. The number of benzene rings is 2. The van der Waals surface area contributed by atoms with Crippen molar-refractivity contribution in [3.05, 3.63) is 68.3 Å². The van der Waals surface area contributed by atoms with Crippen LogP contribution in [0.15, 0.2) is 42.5 Å². The molecule has 0 saturated heterocycles. The van der Waals surface area contributed by atoms with Crippen molar-refractivity contribution in [1.82, 2.24) is 0 Å². The van der Waals surface area contributed by atoms with Crippen LogP contribution < -0.4 is 5.73 Å². The summed E-state index contributed by atoms with van der Waals surface area (Å²) in [5.41, 5.74) is 11.3. The van der Waals surface area contributed by atoms with Gasteiger partial charge in [-0.3, -0.25) is 0 Å². The standard InChI is InChI=1S/C15H16IN/c1-10-5-3-8-14(11(10)2)15(17)12-6-4-7-13(16)9-12/h3-9,15H,17H2,1-2H3. The lowest BCUT2D eigenvalue weighted by Gasteiger charge is -2.17. The minimum atomic E-state index is -0.0374. The molecule has 0 aromatic heterocycles. The molecule has 0 fully saturated rings. The topological polar surface area (TPSA) is 26.0 Å². The highest BCUT2D eigenvalue weighted by atomic mass is 127. The zero-order valence-corrected chi connectivity index (χ0v) is 12.2. The predicted molar refractivity (Wildman–Crippen MR) is 81.1 cm³/mol. The van der Waals surface area contributed by atoms with Gasteiger partial charge in [0.05, 0.1) is 6.04 Å². The van der Waals surface area contributed by atoms with Crippen molar-refractivity contribution in [2.24, 2.45) is 5.73 Å². The Hall–Kier alpha value is -0.870. The van der Waals surface area contributed by atoms with E-state index in [0.717, 1.165) is 0 Å². The Bertz CT molecular complexity index is 534. The molecule has 17 heavy (non-hydrogen) atoms. The maximum absolute atomic E-state index is 6.35. The van der Waals surface area contributed by atoms with E-state index in [9.17, 15) is 0 Å². The Morgan fingerprint density at radius 2 is 1.76 bits per heavy atom. The number of rotatable bonds is 2. The smallest absolute Gasteiger partial charge is 0.0554 e. The van der Waals surface area contributed by atoms with Crippen LogP contribution in [-0.2, 0) is 0 Å². The molecule has 1 atom stereocenters. The summed E-state index contributed by atoms with van der Waals surface area (Å²) in [5.74, 6) is 0. The van der Waals surface area contributed by atoms with Gasteiger partial charge >= 0.3 is 0 Å². The van der Waals surface area contributed by atoms with Crippen LogP contribution in [0.25, 0.3) is 0 Å². The Morgan fingerprint density at radius 3 is 2.47 bits per heavy atom. The van der Waals surface area contributed by atoms with E-state index in [0.29, 0.717) is 0 Å². The fourth-order valence-corrected chi connectivity index (χ4v) is 2.56. The van der Waals surface area contributed by atoms with E-state index < -0.39 is 0 Å². The van der Waals surface area contributed by atoms with Crippen molar-refractivity contribution >= 4 is 22.6 Å². The van der Waals surface area contributed by atoms with E-state index in [1.54, 1.807) is 0 Å². The third-order valence-corrected chi connectivity index (χ3v) is 3.86. The van der Waals surface area contributed by atoms with E-state index >= 15 is 0 Å². The quantitative estimate of drug-likeness (QED) is 0.825. The van der Waals surface area contributed by atoms with Gasteiger partial charge in [-0.25, -0.2) is 0 Å². The van der Waals surface area contributed by atoms with Crippen molar-refractivity contribution in [3.63, 3.8) is 0 Å². The van der Waals surface area contributed by atoms with E-state index in [2.05, 4.69) is 78.9 Å². The highest BCUT2D eigenvalue weighted by molar-refractivity contribution is 14.1. The van der Waals surface area contributed by atoms with Gasteiger partial charge in [0, 0.05) is 3.57 Å². The first-order valence-electron chi connectivity index (χ1n) is 5.67. The SMILES string of the molecule is Cc1cccc(C(N)c2cccc(I)c2)c1C. The molecule has 0 aliphatic carbocycles. The number of aryl methyl sites for hydroxylation is 1. The molecule has 0 radical (unpaired) electrons. The highest BCUT2D eigenvalue weighted by Crippen LogP contribution is 2.25. The van der Waals surface area contributed by atoms with Gasteiger partial charge in [-0.1, -0.05) is 30.3 Å². The summed E-state index contributed by atoms with van der Waals surface area (Å²) in [5, 5.41) is 0. The zero-order chi connectivity index (χ0) is 12.4. The number of halogens is 1. The highest BCUT2D eigenvalue weighted by Gasteiger charge is 2.12. The number of hydrogen-bond acceptors (Lipinski definition) is 1. The van der Waals surface area contributed by atoms with Gasteiger partial charge in [0.15, 0.2) is 0 Å². The number of hydrogen-bond donors (Lipinski definition) is 1. The molecular formula is C15H16IN. The summed E-state index contributed by atoms with van der Waals surface area (Å²) in [6.45, 7) is 4.26. The first kappa shape index (κ1) is 12.6. The van der Waals surface area contributed by atoms with Crippen molar-refractivity contribution in [2.45, 2.75) is 19.9 Å². The molecular weight excluding hydrogens is 321 g/mol. The molecule has 0 amide bonds. The van der Waals surface area contributed by atoms with Gasteiger partial charge in [-0.05, 0) is 70.8 Å². The van der Waals surface area contributed by atoms with E-state index in [4.69, 9.17) is 5.73 Å². The first-order valence-corrected chi connectivity index (χ1v) is 6.74. The molecule has 2 heteroatoms. The van der Waals surface area contributed by atoms with E-state index in [1.807, 2.05) is 0 Å². The largest absolute Gasteiger partial charge is 0.320 e. The summed E-state index contributed by atoms with van der Waals surface area (Å²) in [7, 11) is 0. The van der Waals surface area contributed by atoms with Crippen molar-refractivity contribution in [3.8, 4) is 0 Å². The third-order valence-electron chi connectivity index (χ3n) is 3.19. The molecule has 0 bridgehead atoms. The van der Waals surface area contributed by atoms with Crippen LogP contribution in [0.2, 0.25) is 0 Å². The van der Waals surface area contributed by atoms with Gasteiger partial charge < -0.3 is 5.73 Å². The lowest BCUT2D eigenvalue weighted by Crippen LogP contribution is -2.13. The van der Waals surface area contributed by atoms with Gasteiger partial charge in [-0.2, -0.15) is 0 Å². The van der Waals surface area contributed by atoms with Crippen LogP contribution in [0.3, 0.4) is 0 Å². The average Bonchev–Trinajstić information content (AvgIpc) is 2.32. The molecule has 2 aromatic rings. The molecule has 1 unspecified atom stereocenters. The molecule has 2 N–H and O–H groups in total. The van der Waals surface area contributed by atoms with Gasteiger partial charge in [-0.15, -0.1) is 0 Å². The second kappa shape index (κ2) is 5.19. The Labute approximate surface area is 116 Å². The monoisotopic (exact) mass is 337 g/mol. The third kappa shape index (κ3) is 2.69. The molecule has 0 aliphatic heterocycles. The number of nitrogens with two attached hydrogens (primary N) is 1. The van der Waals surface area contributed by atoms with E-state index in [1.165, 1.54) is 25.8 Å². The van der Waals surface area contributed by atoms with Crippen molar-refractivity contribution < 1.29 is 0 Å². The molecule has 2 aromatic carbocycles. The lowest BCUT2D eigenvalue weighted by atomic mass is 9.93. The molecule has 88 valence electrons.